The molecule has 0 heterocycles. The predicted molar refractivity (Wildman–Crippen MR) is 62.5 cm³/mol. The van der Waals surface area contributed by atoms with E-state index in [1.54, 1.807) is 12.1 Å². The summed E-state index contributed by atoms with van der Waals surface area (Å²) in [6, 6.07) is 4.59. The maximum atomic E-state index is 13.5. The molecule has 0 saturated heterocycles. The minimum atomic E-state index is -0.447. The van der Waals surface area contributed by atoms with E-state index in [1.807, 2.05) is 13.8 Å². The second kappa shape index (κ2) is 5.40. The first-order valence-corrected chi connectivity index (χ1v) is 5.85. The highest BCUT2D eigenvalue weighted by Crippen LogP contribution is 2.24. The van der Waals surface area contributed by atoms with Crippen LogP contribution in [0.1, 0.15) is 37.0 Å². The van der Waals surface area contributed by atoms with Gasteiger partial charge in [-0.25, -0.2) is 4.39 Å². The van der Waals surface area contributed by atoms with Crippen molar-refractivity contribution in [3.8, 4) is 0 Å². The molecule has 3 heteroatoms. The van der Waals surface area contributed by atoms with Crippen LogP contribution in [0.3, 0.4) is 0 Å². The van der Waals surface area contributed by atoms with Crippen molar-refractivity contribution in [2.24, 2.45) is 5.92 Å². The predicted octanol–water partition coefficient (Wildman–Crippen LogP) is 4.21. The third-order valence-corrected chi connectivity index (χ3v) is 3.04. The van der Waals surface area contributed by atoms with Gasteiger partial charge in [-0.3, -0.25) is 4.79 Å². The highest BCUT2D eigenvalue weighted by Gasteiger charge is 2.20. The lowest BCUT2D eigenvalue weighted by Crippen LogP contribution is -2.13. The molecule has 0 aromatic heterocycles. The summed E-state index contributed by atoms with van der Waals surface area (Å²) >= 11 is 3.21. The van der Waals surface area contributed by atoms with Crippen LogP contribution in [0.4, 0.5) is 4.39 Å². The van der Waals surface area contributed by atoms with Crippen LogP contribution in [0.25, 0.3) is 0 Å². The number of rotatable bonds is 4. The summed E-state index contributed by atoms with van der Waals surface area (Å²) in [7, 11) is 0. The van der Waals surface area contributed by atoms with Crippen LogP contribution in [-0.4, -0.2) is 5.78 Å². The van der Waals surface area contributed by atoms with E-state index in [0.717, 1.165) is 12.8 Å². The van der Waals surface area contributed by atoms with E-state index in [2.05, 4.69) is 15.9 Å². The van der Waals surface area contributed by atoms with Gasteiger partial charge in [-0.05, 0) is 34.5 Å². The van der Waals surface area contributed by atoms with Gasteiger partial charge in [0.25, 0.3) is 0 Å². The Kier molecular flexibility index (Phi) is 4.45. The first kappa shape index (κ1) is 12.4. The number of carbonyl (C=O) groups excluding carboxylic acids is 1. The van der Waals surface area contributed by atoms with Gasteiger partial charge in [0, 0.05) is 10.4 Å². The summed E-state index contributed by atoms with van der Waals surface area (Å²) in [4.78, 5) is 11.9. The number of ketones is 1. The molecule has 1 atom stereocenters. The largest absolute Gasteiger partial charge is 0.294 e. The van der Waals surface area contributed by atoms with Crippen LogP contribution in [0.2, 0.25) is 0 Å². The fourth-order valence-electron chi connectivity index (χ4n) is 1.54. The Morgan fingerprint density at radius 1 is 1.53 bits per heavy atom. The lowest BCUT2D eigenvalue weighted by molar-refractivity contribution is 0.0918. The van der Waals surface area contributed by atoms with Crippen LogP contribution in [0.15, 0.2) is 22.7 Å². The normalized spacial score (nSPS) is 12.5. The average Bonchev–Trinajstić information content (AvgIpc) is 2.17. The molecular formula is C12H14BrFO. The number of hydrogen-bond acceptors (Lipinski definition) is 1. The molecule has 0 aliphatic carbocycles. The summed E-state index contributed by atoms with van der Waals surface area (Å²) in [6.07, 6.45) is 1.72. The van der Waals surface area contributed by atoms with E-state index in [-0.39, 0.29) is 17.3 Å². The lowest BCUT2D eigenvalue weighted by atomic mass is 9.95. The topological polar surface area (TPSA) is 17.1 Å². The van der Waals surface area contributed by atoms with E-state index in [0.29, 0.717) is 4.47 Å². The molecule has 0 bridgehead atoms. The van der Waals surface area contributed by atoms with E-state index in [9.17, 15) is 9.18 Å². The summed E-state index contributed by atoms with van der Waals surface area (Å²) in [6.45, 7) is 3.85. The van der Waals surface area contributed by atoms with E-state index < -0.39 is 5.82 Å². The Morgan fingerprint density at radius 2 is 2.20 bits per heavy atom. The molecule has 82 valence electrons. The fraction of sp³-hybridized carbons (Fsp3) is 0.417. The first-order chi connectivity index (χ1) is 7.07. The van der Waals surface area contributed by atoms with Gasteiger partial charge in [0.15, 0.2) is 5.78 Å². The molecule has 0 fully saturated rings. The summed E-state index contributed by atoms with van der Waals surface area (Å²) < 4.78 is 14.0. The highest BCUT2D eigenvalue weighted by molar-refractivity contribution is 9.10. The SMILES string of the molecule is CCCC(C)C(=O)c1c(F)cccc1Br. The van der Waals surface area contributed by atoms with Crippen molar-refractivity contribution in [1.82, 2.24) is 0 Å². The third-order valence-electron chi connectivity index (χ3n) is 2.38. The molecule has 0 N–H and O–H groups in total. The van der Waals surface area contributed by atoms with Gasteiger partial charge in [0.2, 0.25) is 0 Å². The first-order valence-electron chi connectivity index (χ1n) is 5.06. The van der Waals surface area contributed by atoms with Crippen LogP contribution >= 0.6 is 15.9 Å². The van der Waals surface area contributed by atoms with E-state index >= 15 is 0 Å². The molecular weight excluding hydrogens is 259 g/mol. The summed E-state index contributed by atoms with van der Waals surface area (Å²) in [5, 5.41) is 0. The molecule has 0 aliphatic rings. The molecule has 0 aliphatic heterocycles. The minimum absolute atomic E-state index is 0.122. The van der Waals surface area contributed by atoms with Gasteiger partial charge in [-0.2, -0.15) is 0 Å². The lowest BCUT2D eigenvalue weighted by Gasteiger charge is -2.11. The van der Waals surface area contributed by atoms with Crippen molar-refractivity contribution < 1.29 is 9.18 Å². The number of halogens is 2. The summed E-state index contributed by atoms with van der Waals surface area (Å²) in [5.74, 6) is -0.692. The van der Waals surface area contributed by atoms with Gasteiger partial charge in [0.05, 0.1) is 5.56 Å². The zero-order valence-corrected chi connectivity index (χ0v) is 10.5. The van der Waals surface area contributed by atoms with Gasteiger partial charge in [-0.15, -0.1) is 0 Å². The number of Topliss-reactive ketones (excluding diaryl/α,β-unsaturated/α-hetero) is 1. The molecule has 1 nitrogen and oxygen atoms in total. The monoisotopic (exact) mass is 272 g/mol. The van der Waals surface area contributed by atoms with Crippen molar-refractivity contribution in [3.05, 3.63) is 34.1 Å². The molecule has 0 saturated carbocycles. The molecule has 0 radical (unpaired) electrons. The molecule has 15 heavy (non-hydrogen) atoms. The fourth-order valence-corrected chi connectivity index (χ4v) is 2.08. The van der Waals surface area contributed by atoms with Crippen LogP contribution < -0.4 is 0 Å². The second-order valence-corrected chi connectivity index (χ2v) is 4.50. The van der Waals surface area contributed by atoms with Crippen molar-refractivity contribution in [2.75, 3.05) is 0 Å². The maximum Gasteiger partial charge on any atom is 0.169 e. The Hall–Kier alpha value is -0.700. The molecule has 0 spiro atoms. The third kappa shape index (κ3) is 2.88. The minimum Gasteiger partial charge on any atom is -0.294 e. The Bertz CT molecular complexity index is 342. The van der Waals surface area contributed by atoms with Crippen molar-refractivity contribution >= 4 is 21.7 Å². The van der Waals surface area contributed by atoms with Gasteiger partial charge in [-0.1, -0.05) is 26.3 Å². The van der Waals surface area contributed by atoms with Crippen molar-refractivity contribution in [3.63, 3.8) is 0 Å². The Balaban J connectivity index is 3.00. The van der Waals surface area contributed by atoms with Crippen LogP contribution in [0.5, 0.6) is 0 Å². The second-order valence-electron chi connectivity index (χ2n) is 3.65. The standard InChI is InChI=1S/C12H14BrFO/c1-3-5-8(2)12(15)11-9(13)6-4-7-10(11)14/h4,6-8H,3,5H2,1-2H3. The van der Waals surface area contributed by atoms with Crippen LogP contribution in [0, 0.1) is 11.7 Å². The zero-order valence-electron chi connectivity index (χ0n) is 8.89. The number of benzene rings is 1. The Labute approximate surface area is 97.8 Å². The van der Waals surface area contributed by atoms with Gasteiger partial charge in [0.1, 0.15) is 5.82 Å². The number of carbonyl (C=O) groups is 1. The van der Waals surface area contributed by atoms with E-state index in [1.165, 1.54) is 6.07 Å². The zero-order chi connectivity index (χ0) is 11.4. The highest BCUT2D eigenvalue weighted by atomic mass is 79.9. The van der Waals surface area contributed by atoms with E-state index in [4.69, 9.17) is 0 Å². The average molecular weight is 273 g/mol. The molecule has 1 aromatic carbocycles. The quantitative estimate of drug-likeness (QED) is 0.751. The molecule has 0 amide bonds. The van der Waals surface area contributed by atoms with Crippen molar-refractivity contribution in [1.29, 1.82) is 0 Å². The molecule has 1 rings (SSSR count). The van der Waals surface area contributed by atoms with Crippen molar-refractivity contribution in [2.45, 2.75) is 26.7 Å². The number of hydrogen-bond donors (Lipinski definition) is 0. The Morgan fingerprint density at radius 3 is 2.73 bits per heavy atom. The maximum absolute atomic E-state index is 13.5. The smallest absolute Gasteiger partial charge is 0.169 e. The summed E-state index contributed by atoms with van der Waals surface area (Å²) in [5.41, 5.74) is 0.179. The molecule has 1 unspecified atom stereocenters. The van der Waals surface area contributed by atoms with Gasteiger partial charge >= 0.3 is 0 Å². The van der Waals surface area contributed by atoms with Crippen LogP contribution in [-0.2, 0) is 0 Å². The molecule has 1 aromatic rings. The van der Waals surface area contributed by atoms with Gasteiger partial charge < -0.3 is 0 Å².